The van der Waals surface area contributed by atoms with Gasteiger partial charge in [0.25, 0.3) is 10.8 Å². The Balaban J connectivity index is 3.43. The molecule has 0 fully saturated rings. The van der Waals surface area contributed by atoms with E-state index < -0.39 is 50.2 Å². The predicted octanol–water partition coefficient (Wildman–Crippen LogP) is 1.47. The molecule has 0 aliphatic heterocycles. The molecular weight excluding hydrogens is 390 g/mol. The molecule has 0 radical (unpaired) electrons. The molecule has 0 spiro atoms. The van der Waals surface area contributed by atoms with Crippen molar-refractivity contribution < 1.29 is 24.8 Å². The Bertz CT molecular complexity index is 645. The Morgan fingerprint density at radius 1 is 1.00 bits per heavy atom. The zero-order valence-corrected chi connectivity index (χ0v) is 12.4. The number of hydrazine groups is 1. The predicted molar refractivity (Wildman–Crippen MR) is 74.7 cm³/mol. The van der Waals surface area contributed by atoms with Gasteiger partial charge in [0.05, 0.1) is 9.85 Å². The highest BCUT2D eigenvalue weighted by Gasteiger charge is 2.36. The van der Waals surface area contributed by atoms with Gasteiger partial charge in [-0.2, -0.15) is 0 Å². The fourth-order valence-electron chi connectivity index (χ4n) is 1.59. The van der Waals surface area contributed by atoms with E-state index in [1.54, 1.807) is 0 Å². The smallest absolute Gasteiger partial charge is 0.306 e. The third kappa shape index (κ3) is 4.43. The summed E-state index contributed by atoms with van der Waals surface area (Å²) in [6.45, 7) is -1.64. The van der Waals surface area contributed by atoms with Crippen LogP contribution in [-0.4, -0.2) is 33.1 Å². The van der Waals surface area contributed by atoms with Gasteiger partial charge in [-0.25, -0.2) is 10.1 Å². The molecule has 15 heteroatoms. The van der Waals surface area contributed by atoms with Gasteiger partial charge in [0.15, 0.2) is 5.03 Å². The topological polar surface area (TPSA) is 185 Å². The van der Waals surface area contributed by atoms with Crippen molar-refractivity contribution in [3.8, 4) is 0 Å². The molecule has 0 aliphatic carbocycles. The summed E-state index contributed by atoms with van der Waals surface area (Å²) in [6.07, 6.45) is 0. The van der Waals surface area contributed by atoms with Gasteiger partial charge >= 0.3 is 11.4 Å². The molecule has 1 rings (SSSR count). The van der Waals surface area contributed by atoms with Crippen LogP contribution in [0.2, 0.25) is 0 Å². The monoisotopic (exact) mass is 395 g/mol. The van der Waals surface area contributed by atoms with Crippen LogP contribution >= 0.6 is 15.9 Å². The average molecular weight is 396 g/mol. The number of anilines is 1. The number of hydrogen-bond acceptors (Lipinski definition) is 9. The number of hydrogen-bond donors (Lipinski definition) is 0. The first-order chi connectivity index (χ1) is 10.6. The van der Waals surface area contributed by atoms with E-state index in [1.165, 1.54) is 0 Å². The van der Waals surface area contributed by atoms with Crippen molar-refractivity contribution in [2.75, 3.05) is 18.2 Å². The Morgan fingerprint density at radius 2 is 1.48 bits per heavy atom. The third-order valence-electron chi connectivity index (χ3n) is 2.38. The van der Waals surface area contributed by atoms with E-state index in [4.69, 9.17) is 0 Å². The molecule has 0 aliphatic rings. The molecule has 14 nitrogen and oxygen atoms in total. The van der Waals surface area contributed by atoms with Gasteiger partial charge in [-0.3, -0.25) is 20.2 Å². The number of rotatable bonds is 8. The minimum absolute atomic E-state index is 0.0375. The molecule has 0 amide bonds. The van der Waals surface area contributed by atoms with Gasteiger partial charge in [-0.1, -0.05) is 20.9 Å². The quantitative estimate of drug-likeness (QED) is 0.460. The highest BCUT2D eigenvalue weighted by atomic mass is 79.9. The lowest BCUT2D eigenvalue weighted by Gasteiger charge is -2.14. The second kappa shape index (κ2) is 7.25. The van der Waals surface area contributed by atoms with Crippen LogP contribution in [0.4, 0.5) is 17.1 Å². The van der Waals surface area contributed by atoms with Crippen molar-refractivity contribution >= 4 is 33.0 Å². The van der Waals surface area contributed by atoms with Gasteiger partial charge in [0, 0.05) is 16.6 Å². The van der Waals surface area contributed by atoms with E-state index in [2.05, 4.69) is 20.8 Å². The van der Waals surface area contributed by atoms with E-state index in [0.29, 0.717) is 0 Å². The molecule has 0 saturated carbocycles. The van der Waals surface area contributed by atoms with Gasteiger partial charge in [0.1, 0.15) is 13.2 Å². The minimum atomic E-state index is -1.22. The van der Waals surface area contributed by atoms with Crippen LogP contribution in [0.3, 0.4) is 0 Å². The summed E-state index contributed by atoms with van der Waals surface area (Å²) in [6, 6.07) is 1.68. The van der Waals surface area contributed by atoms with Crippen LogP contribution in [-0.2, 0) is 4.84 Å². The summed E-state index contributed by atoms with van der Waals surface area (Å²) in [5.41, 5.74) is -2.74. The first kappa shape index (κ1) is 18.0. The maximum absolute atomic E-state index is 11.1. The van der Waals surface area contributed by atoms with Crippen LogP contribution in [0.1, 0.15) is 0 Å². The maximum atomic E-state index is 11.1. The Morgan fingerprint density at radius 3 is 1.83 bits per heavy atom. The van der Waals surface area contributed by atoms with Crippen molar-refractivity contribution in [2.45, 2.75) is 0 Å². The zero-order valence-electron chi connectivity index (χ0n) is 10.9. The minimum Gasteiger partial charge on any atom is -0.312 e. The summed E-state index contributed by atoms with van der Waals surface area (Å²) in [7, 11) is 0. The molecule has 1 aromatic rings. The molecule has 0 bridgehead atoms. The normalized spacial score (nSPS) is 9.96. The van der Waals surface area contributed by atoms with E-state index >= 15 is 0 Å². The second-order valence-electron chi connectivity index (χ2n) is 3.72. The van der Waals surface area contributed by atoms with Gasteiger partial charge < -0.3 is 4.84 Å². The van der Waals surface area contributed by atoms with Gasteiger partial charge in [-0.05, 0) is 0 Å². The Labute approximate surface area is 133 Å². The van der Waals surface area contributed by atoms with E-state index in [0.717, 1.165) is 12.1 Å². The molecule has 0 aromatic heterocycles. The molecule has 0 saturated heterocycles. The number of nitro groups is 3. The average Bonchev–Trinajstić information content (AvgIpc) is 2.42. The summed E-state index contributed by atoms with van der Waals surface area (Å²) in [5, 5.41) is 40.8. The van der Waals surface area contributed by atoms with Crippen LogP contribution in [0.15, 0.2) is 16.6 Å². The second-order valence-corrected chi connectivity index (χ2v) is 4.64. The number of halogens is 1. The number of nitro benzene ring substituents is 2. The molecule has 0 N–H and O–H groups in total. The van der Waals surface area contributed by atoms with E-state index in [9.17, 15) is 40.5 Å². The summed E-state index contributed by atoms with van der Waals surface area (Å²) in [5.74, 6) is 0. The lowest BCUT2D eigenvalue weighted by atomic mass is 10.2. The molecule has 1 aromatic carbocycles. The highest BCUT2D eigenvalue weighted by molar-refractivity contribution is 9.10. The van der Waals surface area contributed by atoms with Crippen molar-refractivity contribution in [1.82, 2.24) is 0 Å². The standard InChI is InChI=1S/C8H6BrN5O9/c9-5-3-6(11(15)16)8(7(4-5)12(17)18)10(13(19)20)1-2-23-14(21)22/h3-4H,1-2H2. The summed E-state index contributed by atoms with van der Waals surface area (Å²) >= 11 is 2.83. The molecular formula is C8H6BrN5O9. The number of nitrogens with zero attached hydrogens (tertiary/aromatic N) is 5. The van der Waals surface area contributed by atoms with Crippen LogP contribution in [0.5, 0.6) is 0 Å². The molecule has 124 valence electrons. The lowest BCUT2D eigenvalue weighted by Crippen LogP contribution is -2.34. The van der Waals surface area contributed by atoms with Gasteiger partial charge in [0.2, 0.25) is 0 Å². The molecule has 23 heavy (non-hydrogen) atoms. The van der Waals surface area contributed by atoms with Crippen molar-refractivity contribution in [3.05, 3.63) is 57.1 Å². The molecule has 0 atom stereocenters. The van der Waals surface area contributed by atoms with Crippen molar-refractivity contribution in [2.24, 2.45) is 0 Å². The first-order valence-electron chi connectivity index (χ1n) is 5.46. The summed E-state index contributed by atoms with van der Waals surface area (Å²) < 4.78 is -0.0375. The van der Waals surface area contributed by atoms with Gasteiger partial charge in [-0.15, -0.1) is 10.1 Å². The van der Waals surface area contributed by atoms with Crippen LogP contribution in [0.25, 0.3) is 0 Å². The van der Waals surface area contributed by atoms with E-state index in [-0.39, 0.29) is 9.48 Å². The third-order valence-corrected chi connectivity index (χ3v) is 2.84. The van der Waals surface area contributed by atoms with Crippen LogP contribution < -0.4 is 5.01 Å². The van der Waals surface area contributed by atoms with Crippen molar-refractivity contribution in [1.29, 1.82) is 0 Å². The SMILES string of the molecule is O=[N+]([O-])OCCN(c1c([N+](=O)[O-])cc(Br)cc1[N+](=O)[O-])[N+](=O)[O-]. The Hall–Kier alpha value is -3.10. The molecule has 0 unspecified atom stereocenters. The summed E-state index contributed by atoms with van der Waals surface area (Å²) in [4.78, 5) is 45.0. The fraction of sp³-hybridized carbons (Fsp3) is 0.250. The number of benzene rings is 1. The lowest BCUT2D eigenvalue weighted by molar-refractivity contribution is -0.757. The highest BCUT2D eigenvalue weighted by Crippen LogP contribution is 2.40. The van der Waals surface area contributed by atoms with E-state index in [1.807, 2.05) is 0 Å². The first-order valence-corrected chi connectivity index (χ1v) is 6.26. The molecule has 0 heterocycles. The zero-order chi connectivity index (χ0) is 17.7. The maximum Gasteiger partial charge on any atom is 0.306 e. The Kier molecular flexibility index (Phi) is 5.66. The van der Waals surface area contributed by atoms with Crippen molar-refractivity contribution in [3.63, 3.8) is 0 Å². The van der Waals surface area contributed by atoms with Crippen LogP contribution in [0, 0.1) is 40.5 Å². The largest absolute Gasteiger partial charge is 0.312 e. The fourth-order valence-corrected chi connectivity index (χ4v) is 2.02.